The van der Waals surface area contributed by atoms with E-state index in [1.807, 2.05) is 36.4 Å². The van der Waals surface area contributed by atoms with E-state index in [4.69, 9.17) is 16.3 Å². The molecular weight excluding hydrogens is 452 g/mol. The summed E-state index contributed by atoms with van der Waals surface area (Å²) in [5, 5.41) is 4.05. The van der Waals surface area contributed by atoms with Crippen LogP contribution in [-0.2, 0) is 0 Å². The highest BCUT2D eigenvalue weighted by Crippen LogP contribution is 2.36. The minimum Gasteiger partial charge on any atom is -0.497 e. The number of aryl methyl sites for hydroxylation is 1. The van der Waals surface area contributed by atoms with Gasteiger partial charge in [-0.1, -0.05) is 23.4 Å². The Morgan fingerprint density at radius 3 is 2.55 bits per heavy atom. The number of aromatic nitrogens is 3. The number of rotatable bonds is 6. The molecule has 0 spiro atoms. The quantitative estimate of drug-likeness (QED) is 0.375. The number of hydrogen-bond acceptors (Lipinski definition) is 7. The molecule has 2 heterocycles. The molecule has 1 N–H and O–H groups in total. The zero-order chi connectivity index (χ0) is 21.8. The van der Waals surface area contributed by atoms with Crippen molar-refractivity contribution in [2.45, 2.75) is 16.7 Å². The molecule has 9 heteroatoms. The van der Waals surface area contributed by atoms with E-state index in [1.165, 1.54) is 23.1 Å². The summed E-state index contributed by atoms with van der Waals surface area (Å²) in [5.41, 5.74) is 1.24. The van der Waals surface area contributed by atoms with Crippen LogP contribution in [0.25, 0.3) is 10.8 Å². The lowest BCUT2D eigenvalue weighted by atomic mass is 10.3. The van der Waals surface area contributed by atoms with E-state index in [2.05, 4.69) is 20.3 Å². The van der Waals surface area contributed by atoms with Crippen molar-refractivity contribution in [2.24, 2.45) is 0 Å². The second-order valence-corrected chi connectivity index (χ2v) is 8.90. The first-order chi connectivity index (χ1) is 15.0. The lowest BCUT2D eigenvalue weighted by Gasteiger charge is -2.09. The summed E-state index contributed by atoms with van der Waals surface area (Å²) < 4.78 is 5.18. The molecule has 1 amide bonds. The largest absolute Gasteiger partial charge is 0.497 e. The number of hydrogen-bond donors (Lipinski definition) is 1. The minimum absolute atomic E-state index is 0.246. The average molecular weight is 469 g/mol. The summed E-state index contributed by atoms with van der Waals surface area (Å²) in [6.07, 6.45) is 3.29. The van der Waals surface area contributed by atoms with Crippen molar-refractivity contribution < 1.29 is 9.53 Å². The Bertz CT molecular complexity index is 1210. The van der Waals surface area contributed by atoms with Crippen LogP contribution in [0.15, 0.2) is 70.7 Å². The van der Waals surface area contributed by atoms with Crippen LogP contribution < -0.4 is 10.1 Å². The van der Waals surface area contributed by atoms with Gasteiger partial charge in [-0.3, -0.25) is 4.79 Å². The predicted molar refractivity (Wildman–Crippen MR) is 124 cm³/mol. The van der Waals surface area contributed by atoms with Gasteiger partial charge in [0, 0.05) is 27.9 Å². The molecule has 0 unspecified atom stereocenters. The van der Waals surface area contributed by atoms with E-state index < -0.39 is 0 Å². The van der Waals surface area contributed by atoms with Gasteiger partial charge in [-0.15, -0.1) is 11.3 Å². The third-order valence-corrected chi connectivity index (χ3v) is 6.90. The Kier molecular flexibility index (Phi) is 6.50. The number of nitrogens with one attached hydrogen (secondary N) is 1. The van der Waals surface area contributed by atoms with Crippen molar-refractivity contribution in [1.29, 1.82) is 0 Å². The van der Waals surface area contributed by atoms with E-state index in [9.17, 15) is 4.79 Å². The van der Waals surface area contributed by atoms with Crippen LogP contribution in [0.2, 0.25) is 5.02 Å². The van der Waals surface area contributed by atoms with Crippen LogP contribution in [0.5, 0.6) is 5.75 Å². The molecule has 0 saturated carbocycles. The maximum atomic E-state index is 12.8. The van der Waals surface area contributed by atoms with Crippen LogP contribution in [0.4, 0.5) is 5.69 Å². The molecule has 6 nitrogen and oxygen atoms in total. The van der Waals surface area contributed by atoms with Crippen molar-refractivity contribution in [3.05, 3.63) is 76.5 Å². The van der Waals surface area contributed by atoms with E-state index in [0.29, 0.717) is 32.1 Å². The summed E-state index contributed by atoms with van der Waals surface area (Å²) in [5.74, 6) is 1.05. The fourth-order valence-electron chi connectivity index (χ4n) is 2.73. The fourth-order valence-corrected chi connectivity index (χ4v) is 4.76. The van der Waals surface area contributed by atoms with Crippen molar-refractivity contribution >= 4 is 46.3 Å². The summed E-state index contributed by atoms with van der Waals surface area (Å²) in [7, 11) is 1.63. The molecule has 2 aromatic heterocycles. The van der Waals surface area contributed by atoms with Gasteiger partial charge in [0.2, 0.25) is 0 Å². The molecule has 0 radical (unpaired) electrons. The molecule has 2 aromatic carbocycles. The Morgan fingerprint density at radius 1 is 1.13 bits per heavy atom. The van der Waals surface area contributed by atoms with Crippen LogP contribution >= 0.6 is 34.7 Å². The number of carbonyl (C=O) groups is 1. The van der Waals surface area contributed by atoms with Crippen LogP contribution in [0.1, 0.15) is 15.4 Å². The second kappa shape index (κ2) is 9.47. The average Bonchev–Trinajstić information content (AvgIpc) is 3.18. The lowest BCUT2D eigenvalue weighted by molar-refractivity contribution is 0.103. The topological polar surface area (TPSA) is 77.0 Å². The van der Waals surface area contributed by atoms with Gasteiger partial charge in [-0.2, -0.15) is 0 Å². The molecular formula is C22H17ClN4O2S2. The number of halogens is 1. The normalized spacial score (nSPS) is 10.7. The zero-order valence-corrected chi connectivity index (χ0v) is 19.0. The van der Waals surface area contributed by atoms with Crippen LogP contribution in [0.3, 0.4) is 0 Å². The van der Waals surface area contributed by atoms with Crippen molar-refractivity contribution in [1.82, 2.24) is 15.0 Å². The number of anilines is 1. The smallest absolute Gasteiger partial charge is 0.267 e. The maximum Gasteiger partial charge on any atom is 0.267 e. The van der Waals surface area contributed by atoms with Crippen molar-refractivity contribution in [2.75, 3.05) is 12.4 Å². The van der Waals surface area contributed by atoms with Gasteiger partial charge in [0.25, 0.3) is 5.91 Å². The third-order valence-electron chi connectivity index (χ3n) is 4.24. The Labute approximate surface area is 192 Å². The lowest BCUT2D eigenvalue weighted by Crippen LogP contribution is -2.11. The third kappa shape index (κ3) is 5.04. The predicted octanol–water partition coefficient (Wildman–Crippen LogP) is 5.97. The summed E-state index contributed by atoms with van der Waals surface area (Å²) in [6.45, 7) is 1.79. The SMILES string of the molecule is COc1ccc(Sc2ccc(NC(=O)c3sc(-c4ncccn4)nc3C)cc2Cl)cc1. The molecule has 4 aromatic rings. The first kappa shape index (κ1) is 21.3. The Hall–Kier alpha value is -2.94. The summed E-state index contributed by atoms with van der Waals surface area (Å²) in [4.78, 5) is 28.0. The number of nitrogens with zero attached hydrogens (tertiary/aromatic N) is 3. The van der Waals surface area contributed by atoms with Crippen LogP contribution in [-0.4, -0.2) is 28.0 Å². The van der Waals surface area contributed by atoms with E-state index in [1.54, 1.807) is 38.6 Å². The van der Waals surface area contributed by atoms with E-state index in [0.717, 1.165) is 15.5 Å². The van der Waals surface area contributed by atoms with Crippen molar-refractivity contribution in [3.63, 3.8) is 0 Å². The number of carbonyl (C=O) groups excluding carboxylic acids is 1. The number of thiazole rings is 1. The Balaban J connectivity index is 1.47. The molecule has 0 aliphatic rings. The molecule has 0 aliphatic carbocycles. The highest BCUT2D eigenvalue weighted by atomic mass is 35.5. The fraction of sp³-hybridized carbons (Fsp3) is 0.0909. The zero-order valence-electron chi connectivity index (χ0n) is 16.6. The minimum atomic E-state index is -0.246. The van der Waals surface area contributed by atoms with Crippen molar-refractivity contribution in [3.8, 4) is 16.6 Å². The number of amides is 1. The summed E-state index contributed by atoms with van der Waals surface area (Å²) >= 11 is 9.25. The van der Waals surface area contributed by atoms with Gasteiger partial charge in [0.15, 0.2) is 10.8 Å². The van der Waals surface area contributed by atoms with E-state index >= 15 is 0 Å². The maximum absolute atomic E-state index is 12.8. The highest BCUT2D eigenvalue weighted by molar-refractivity contribution is 7.99. The molecule has 31 heavy (non-hydrogen) atoms. The molecule has 0 bridgehead atoms. The van der Waals surface area contributed by atoms with Gasteiger partial charge < -0.3 is 10.1 Å². The number of methoxy groups -OCH3 is 1. The number of benzene rings is 2. The monoisotopic (exact) mass is 468 g/mol. The van der Waals surface area contributed by atoms with E-state index in [-0.39, 0.29) is 5.91 Å². The molecule has 0 aliphatic heterocycles. The molecule has 4 rings (SSSR count). The summed E-state index contributed by atoms with van der Waals surface area (Å²) in [6, 6.07) is 14.9. The molecule has 0 saturated heterocycles. The van der Waals surface area contributed by atoms with Gasteiger partial charge in [0.1, 0.15) is 10.6 Å². The van der Waals surface area contributed by atoms with Gasteiger partial charge in [0.05, 0.1) is 17.8 Å². The van der Waals surface area contributed by atoms with Gasteiger partial charge in [-0.25, -0.2) is 15.0 Å². The first-order valence-electron chi connectivity index (χ1n) is 9.21. The van der Waals surface area contributed by atoms with Gasteiger partial charge >= 0.3 is 0 Å². The highest BCUT2D eigenvalue weighted by Gasteiger charge is 2.18. The van der Waals surface area contributed by atoms with Gasteiger partial charge in [-0.05, 0) is 55.5 Å². The second-order valence-electron chi connectivity index (χ2n) is 6.38. The molecule has 0 atom stereocenters. The number of ether oxygens (including phenoxy) is 1. The standard InChI is InChI=1S/C22H17ClN4O2S2/c1-13-19(31-22(26-13)20-24-10-3-11-25-20)21(28)27-14-4-9-18(17(23)12-14)30-16-7-5-15(29-2)6-8-16/h3-12H,1-2H3,(H,27,28). The first-order valence-corrected chi connectivity index (χ1v) is 11.2. The Morgan fingerprint density at radius 2 is 1.87 bits per heavy atom. The molecule has 0 fully saturated rings. The van der Waals surface area contributed by atoms with Crippen LogP contribution in [0, 0.1) is 6.92 Å². The molecule has 156 valence electrons.